The summed E-state index contributed by atoms with van der Waals surface area (Å²) in [5.74, 6) is 0. The summed E-state index contributed by atoms with van der Waals surface area (Å²) in [6.07, 6.45) is 5.47. The van der Waals surface area contributed by atoms with Crippen molar-refractivity contribution in [3.8, 4) is 0 Å². The SMILES string of the molecule is Cc1ccc2c(c1)C(N)CN2C1CCCC1. The van der Waals surface area contributed by atoms with E-state index in [1.54, 1.807) is 0 Å². The van der Waals surface area contributed by atoms with Crippen LogP contribution in [0.4, 0.5) is 5.69 Å². The second-order valence-electron chi connectivity index (χ2n) is 5.26. The second kappa shape index (κ2) is 3.77. The van der Waals surface area contributed by atoms with Crippen molar-refractivity contribution in [2.75, 3.05) is 11.4 Å². The number of fused-ring (bicyclic) bond motifs is 1. The number of aryl methyl sites for hydroxylation is 1. The van der Waals surface area contributed by atoms with Crippen LogP contribution in [0.5, 0.6) is 0 Å². The highest BCUT2D eigenvalue weighted by atomic mass is 15.2. The van der Waals surface area contributed by atoms with Gasteiger partial charge in [-0.25, -0.2) is 0 Å². The van der Waals surface area contributed by atoms with Crippen LogP contribution in [-0.4, -0.2) is 12.6 Å². The second-order valence-corrected chi connectivity index (χ2v) is 5.26. The number of nitrogens with two attached hydrogens (primary N) is 1. The Bertz CT molecular complexity index is 394. The molecule has 2 aliphatic rings. The van der Waals surface area contributed by atoms with Gasteiger partial charge in [0.05, 0.1) is 0 Å². The van der Waals surface area contributed by atoms with Gasteiger partial charge in [-0.05, 0) is 31.4 Å². The summed E-state index contributed by atoms with van der Waals surface area (Å²) in [6, 6.07) is 7.69. The average Bonchev–Trinajstić information content (AvgIpc) is 2.87. The summed E-state index contributed by atoms with van der Waals surface area (Å²) in [5.41, 5.74) is 10.3. The molecule has 86 valence electrons. The first-order chi connectivity index (χ1) is 7.75. The summed E-state index contributed by atoms with van der Waals surface area (Å²) in [6.45, 7) is 3.16. The van der Waals surface area contributed by atoms with Gasteiger partial charge in [-0.1, -0.05) is 30.5 Å². The molecular weight excluding hydrogens is 196 g/mol. The third-order valence-corrected chi connectivity index (χ3v) is 4.05. The van der Waals surface area contributed by atoms with Crippen LogP contribution in [0, 0.1) is 6.92 Å². The van der Waals surface area contributed by atoms with Gasteiger partial charge in [0.1, 0.15) is 0 Å². The van der Waals surface area contributed by atoms with Crippen LogP contribution in [0.2, 0.25) is 0 Å². The molecule has 1 atom stereocenters. The van der Waals surface area contributed by atoms with E-state index in [1.165, 1.54) is 42.5 Å². The molecule has 2 N–H and O–H groups in total. The predicted octanol–water partition coefficient (Wildman–Crippen LogP) is 2.76. The van der Waals surface area contributed by atoms with Gasteiger partial charge in [-0.3, -0.25) is 0 Å². The van der Waals surface area contributed by atoms with Crippen molar-refractivity contribution < 1.29 is 0 Å². The fourth-order valence-electron chi connectivity index (χ4n) is 3.20. The first kappa shape index (κ1) is 10.2. The fraction of sp³-hybridized carbons (Fsp3) is 0.571. The Morgan fingerprint density at radius 2 is 2.00 bits per heavy atom. The summed E-state index contributed by atoms with van der Waals surface area (Å²) in [4.78, 5) is 2.55. The van der Waals surface area contributed by atoms with E-state index in [0.29, 0.717) is 0 Å². The molecule has 0 amide bonds. The van der Waals surface area contributed by atoms with E-state index in [9.17, 15) is 0 Å². The minimum absolute atomic E-state index is 0.218. The lowest BCUT2D eigenvalue weighted by Crippen LogP contribution is -2.33. The minimum atomic E-state index is 0.218. The van der Waals surface area contributed by atoms with E-state index in [2.05, 4.69) is 30.0 Å². The molecule has 1 heterocycles. The third-order valence-electron chi connectivity index (χ3n) is 4.05. The van der Waals surface area contributed by atoms with Gasteiger partial charge in [-0.2, -0.15) is 0 Å². The molecule has 16 heavy (non-hydrogen) atoms. The molecule has 1 saturated carbocycles. The average molecular weight is 216 g/mol. The van der Waals surface area contributed by atoms with E-state index < -0.39 is 0 Å². The highest BCUT2D eigenvalue weighted by Gasteiger charge is 2.32. The van der Waals surface area contributed by atoms with Crippen molar-refractivity contribution in [3.05, 3.63) is 29.3 Å². The standard InChI is InChI=1S/C14H20N2/c1-10-6-7-14-12(8-10)13(15)9-16(14)11-4-2-3-5-11/h6-8,11,13H,2-5,9,15H2,1H3. The Morgan fingerprint density at radius 3 is 2.75 bits per heavy atom. The Morgan fingerprint density at radius 1 is 1.25 bits per heavy atom. The zero-order valence-corrected chi connectivity index (χ0v) is 9.95. The summed E-state index contributed by atoms with van der Waals surface area (Å²) < 4.78 is 0. The zero-order chi connectivity index (χ0) is 11.1. The normalized spacial score (nSPS) is 25.1. The minimum Gasteiger partial charge on any atom is -0.366 e. The van der Waals surface area contributed by atoms with Gasteiger partial charge in [0, 0.05) is 24.3 Å². The Balaban J connectivity index is 1.95. The summed E-state index contributed by atoms with van der Waals surface area (Å²) in [5, 5.41) is 0. The Kier molecular flexibility index (Phi) is 2.40. The van der Waals surface area contributed by atoms with Crippen LogP contribution in [-0.2, 0) is 0 Å². The molecular formula is C14H20N2. The first-order valence-corrected chi connectivity index (χ1v) is 6.38. The lowest BCUT2D eigenvalue weighted by atomic mass is 10.1. The number of rotatable bonds is 1. The molecule has 0 spiro atoms. The summed E-state index contributed by atoms with van der Waals surface area (Å²) >= 11 is 0. The Labute approximate surface area is 97.4 Å². The van der Waals surface area contributed by atoms with E-state index >= 15 is 0 Å². The maximum absolute atomic E-state index is 6.23. The molecule has 0 aromatic heterocycles. The lowest BCUT2D eigenvalue weighted by Gasteiger charge is -2.27. The maximum atomic E-state index is 6.23. The molecule has 2 nitrogen and oxygen atoms in total. The molecule has 1 unspecified atom stereocenters. The quantitative estimate of drug-likeness (QED) is 0.782. The molecule has 0 saturated heterocycles. The van der Waals surface area contributed by atoms with Gasteiger partial charge < -0.3 is 10.6 Å². The molecule has 2 heteroatoms. The number of anilines is 1. The first-order valence-electron chi connectivity index (χ1n) is 6.38. The monoisotopic (exact) mass is 216 g/mol. The van der Waals surface area contributed by atoms with Crippen LogP contribution in [0.3, 0.4) is 0 Å². The largest absolute Gasteiger partial charge is 0.366 e. The van der Waals surface area contributed by atoms with Crippen LogP contribution >= 0.6 is 0 Å². The van der Waals surface area contributed by atoms with Crippen molar-refractivity contribution >= 4 is 5.69 Å². The fourth-order valence-corrected chi connectivity index (χ4v) is 3.20. The smallest absolute Gasteiger partial charge is 0.0494 e. The molecule has 1 fully saturated rings. The van der Waals surface area contributed by atoms with Gasteiger partial charge in [0.15, 0.2) is 0 Å². The number of hydrogen-bond donors (Lipinski definition) is 1. The summed E-state index contributed by atoms with van der Waals surface area (Å²) in [7, 11) is 0. The molecule has 1 aromatic rings. The van der Waals surface area contributed by atoms with Crippen molar-refractivity contribution in [2.45, 2.75) is 44.7 Å². The van der Waals surface area contributed by atoms with Crippen molar-refractivity contribution in [1.82, 2.24) is 0 Å². The zero-order valence-electron chi connectivity index (χ0n) is 9.95. The number of nitrogens with zero attached hydrogens (tertiary/aromatic N) is 1. The van der Waals surface area contributed by atoms with E-state index in [-0.39, 0.29) is 6.04 Å². The molecule has 0 radical (unpaired) electrons. The molecule has 1 aliphatic heterocycles. The van der Waals surface area contributed by atoms with Gasteiger partial charge in [-0.15, -0.1) is 0 Å². The predicted molar refractivity (Wildman–Crippen MR) is 67.7 cm³/mol. The van der Waals surface area contributed by atoms with Crippen LogP contribution in [0.15, 0.2) is 18.2 Å². The number of hydrogen-bond acceptors (Lipinski definition) is 2. The van der Waals surface area contributed by atoms with E-state index in [4.69, 9.17) is 5.73 Å². The van der Waals surface area contributed by atoms with Crippen LogP contribution in [0.25, 0.3) is 0 Å². The molecule has 1 aliphatic carbocycles. The highest BCUT2D eigenvalue weighted by Crippen LogP contribution is 2.38. The lowest BCUT2D eigenvalue weighted by molar-refractivity contribution is 0.597. The van der Waals surface area contributed by atoms with Crippen molar-refractivity contribution in [3.63, 3.8) is 0 Å². The molecule has 0 bridgehead atoms. The third kappa shape index (κ3) is 1.52. The van der Waals surface area contributed by atoms with Crippen molar-refractivity contribution in [1.29, 1.82) is 0 Å². The van der Waals surface area contributed by atoms with Crippen molar-refractivity contribution in [2.24, 2.45) is 5.73 Å². The highest BCUT2D eigenvalue weighted by molar-refractivity contribution is 5.61. The van der Waals surface area contributed by atoms with Gasteiger partial charge in [0.2, 0.25) is 0 Å². The van der Waals surface area contributed by atoms with Crippen LogP contribution in [0.1, 0.15) is 42.9 Å². The number of benzene rings is 1. The van der Waals surface area contributed by atoms with Crippen LogP contribution < -0.4 is 10.6 Å². The van der Waals surface area contributed by atoms with E-state index in [0.717, 1.165) is 12.6 Å². The maximum Gasteiger partial charge on any atom is 0.0494 e. The van der Waals surface area contributed by atoms with Gasteiger partial charge in [0.25, 0.3) is 0 Å². The molecule has 3 rings (SSSR count). The van der Waals surface area contributed by atoms with Gasteiger partial charge >= 0.3 is 0 Å². The molecule has 1 aromatic carbocycles. The Hall–Kier alpha value is -1.02. The topological polar surface area (TPSA) is 29.3 Å². The van der Waals surface area contributed by atoms with E-state index in [1.807, 2.05) is 0 Å².